The van der Waals surface area contributed by atoms with Crippen LogP contribution in [0.3, 0.4) is 0 Å². The van der Waals surface area contributed by atoms with Crippen LogP contribution in [0.2, 0.25) is 0 Å². The van der Waals surface area contributed by atoms with Gasteiger partial charge in [0.2, 0.25) is 5.91 Å². The molecule has 5 nitrogen and oxygen atoms in total. The van der Waals surface area contributed by atoms with E-state index in [-0.39, 0.29) is 5.91 Å². The summed E-state index contributed by atoms with van der Waals surface area (Å²) in [4.78, 5) is 16.4. The van der Waals surface area contributed by atoms with Crippen molar-refractivity contribution in [3.05, 3.63) is 28.5 Å². The molecule has 0 unspecified atom stereocenters. The van der Waals surface area contributed by atoms with Crippen molar-refractivity contribution in [2.24, 2.45) is 7.05 Å². The molecule has 0 saturated heterocycles. The van der Waals surface area contributed by atoms with Crippen LogP contribution in [0, 0.1) is 0 Å². The second-order valence-electron chi connectivity index (χ2n) is 5.91. The SMILES string of the molecule is Cn1cc(NC(=O)CCc2nccs2)c(C2CCCCC2)n1. The van der Waals surface area contributed by atoms with Crippen molar-refractivity contribution >= 4 is 22.9 Å². The summed E-state index contributed by atoms with van der Waals surface area (Å²) < 4.78 is 1.81. The zero-order valence-electron chi connectivity index (χ0n) is 12.9. The Balaban J connectivity index is 1.62. The summed E-state index contributed by atoms with van der Waals surface area (Å²) in [5.74, 6) is 0.532. The quantitative estimate of drug-likeness (QED) is 0.918. The van der Waals surface area contributed by atoms with Gasteiger partial charge in [0.1, 0.15) is 0 Å². The van der Waals surface area contributed by atoms with Crippen molar-refractivity contribution < 1.29 is 4.79 Å². The lowest BCUT2D eigenvalue weighted by Gasteiger charge is -2.20. The molecule has 22 heavy (non-hydrogen) atoms. The summed E-state index contributed by atoms with van der Waals surface area (Å²) in [6.07, 6.45) is 11.1. The zero-order valence-corrected chi connectivity index (χ0v) is 13.7. The Bertz CT molecular complexity index is 614. The third-order valence-electron chi connectivity index (χ3n) is 4.17. The van der Waals surface area contributed by atoms with Crippen molar-refractivity contribution in [1.82, 2.24) is 14.8 Å². The van der Waals surface area contributed by atoms with Crippen molar-refractivity contribution in [2.75, 3.05) is 5.32 Å². The highest BCUT2D eigenvalue weighted by Gasteiger charge is 2.22. The molecule has 0 spiro atoms. The van der Waals surface area contributed by atoms with Crippen molar-refractivity contribution in [1.29, 1.82) is 0 Å². The standard InChI is InChI=1S/C16H22N4OS/c1-20-11-13(16(19-20)12-5-3-2-4-6-12)18-14(21)7-8-15-17-9-10-22-15/h9-12H,2-8H2,1H3,(H,18,21). The molecule has 0 aromatic carbocycles. The fourth-order valence-electron chi connectivity index (χ4n) is 3.09. The van der Waals surface area contributed by atoms with Gasteiger partial charge in [0.05, 0.1) is 16.4 Å². The molecule has 1 fully saturated rings. The fraction of sp³-hybridized carbons (Fsp3) is 0.562. The number of hydrogen-bond acceptors (Lipinski definition) is 4. The van der Waals surface area contributed by atoms with E-state index in [2.05, 4.69) is 15.4 Å². The molecule has 0 radical (unpaired) electrons. The predicted molar refractivity (Wildman–Crippen MR) is 88.1 cm³/mol. The number of hydrogen-bond donors (Lipinski definition) is 1. The maximum absolute atomic E-state index is 12.2. The molecule has 2 aromatic heterocycles. The minimum Gasteiger partial charge on any atom is -0.323 e. The molecule has 1 saturated carbocycles. The number of carbonyl (C=O) groups excluding carboxylic acids is 1. The molecule has 1 N–H and O–H groups in total. The Morgan fingerprint density at radius 3 is 2.95 bits per heavy atom. The highest BCUT2D eigenvalue weighted by Crippen LogP contribution is 2.35. The maximum atomic E-state index is 12.2. The molecular formula is C16H22N4OS. The van der Waals surface area contributed by atoms with Crippen LogP contribution < -0.4 is 5.32 Å². The highest BCUT2D eigenvalue weighted by molar-refractivity contribution is 7.09. The molecule has 118 valence electrons. The topological polar surface area (TPSA) is 59.8 Å². The van der Waals surface area contributed by atoms with E-state index in [1.165, 1.54) is 32.1 Å². The number of anilines is 1. The van der Waals surface area contributed by atoms with E-state index in [9.17, 15) is 4.79 Å². The summed E-state index contributed by atoms with van der Waals surface area (Å²) in [6.45, 7) is 0. The third kappa shape index (κ3) is 3.74. The fourth-order valence-corrected chi connectivity index (χ4v) is 3.71. The van der Waals surface area contributed by atoms with Crippen LogP contribution >= 0.6 is 11.3 Å². The molecule has 0 bridgehead atoms. The van der Waals surface area contributed by atoms with Crippen LogP contribution in [0.4, 0.5) is 5.69 Å². The first kappa shape index (κ1) is 15.2. The average Bonchev–Trinajstić information content (AvgIpc) is 3.16. The summed E-state index contributed by atoms with van der Waals surface area (Å²) in [5.41, 5.74) is 1.95. The molecular weight excluding hydrogens is 296 g/mol. The first-order chi connectivity index (χ1) is 10.7. The van der Waals surface area contributed by atoms with E-state index < -0.39 is 0 Å². The number of thiazole rings is 1. The number of amides is 1. The van der Waals surface area contributed by atoms with Crippen LogP contribution in [0.5, 0.6) is 0 Å². The van der Waals surface area contributed by atoms with Crippen molar-refractivity contribution in [3.8, 4) is 0 Å². The van der Waals surface area contributed by atoms with E-state index in [0.717, 1.165) is 16.4 Å². The lowest BCUT2D eigenvalue weighted by Crippen LogP contribution is -2.15. The predicted octanol–water partition coefficient (Wildman–Crippen LogP) is 3.50. The van der Waals surface area contributed by atoms with Gasteiger partial charge in [-0.3, -0.25) is 9.48 Å². The highest BCUT2D eigenvalue weighted by atomic mass is 32.1. The van der Waals surface area contributed by atoms with Crippen molar-refractivity contribution in [2.45, 2.75) is 50.9 Å². The third-order valence-corrected chi connectivity index (χ3v) is 5.01. The number of rotatable bonds is 5. The van der Waals surface area contributed by atoms with E-state index in [1.54, 1.807) is 22.2 Å². The van der Waals surface area contributed by atoms with Gasteiger partial charge in [-0.1, -0.05) is 19.3 Å². The van der Waals surface area contributed by atoms with Gasteiger partial charge in [-0.15, -0.1) is 11.3 Å². The average molecular weight is 318 g/mol. The number of aromatic nitrogens is 3. The summed E-state index contributed by atoms with van der Waals surface area (Å²) >= 11 is 1.59. The molecule has 2 heterocycles. The Hall–Kier alpha value is -1.69. The maximum Gasteiger partial charge on any atom is 0.224 e. The molecule has 1 aliphatic rings. The van der Waals surface area contributed by atoms with Crippen LogP contribution in [0.15, 0.2) is 17.8 Å². The Kier molecular flexibility index (Phi) is 4.87. The minimum absolute atomic E-state index is 0.0419. The second-order valence-corrected chi connectivity index (χ2v) is 6.89. The lowest BCUT2D eigenvalue weighted by atomic mass is 9.86. The normalized spacial score (nSPS) is 15.9. The molecule has 0 aliphatic heterocycles. The monoisotopic (exact) mass is 318 g/mol. The van der Waals surface area contributed by atoms with E-state index in [4.69, 9.17) is 0 Å². The number of carbonyl (C=O) groups is 1. The second kappa shape index (κ2) is 7.05. The summed E-state index contributed by atoms with van der Waals surface area (Å²) in [7, 11) is 1.91. The van der Waals surface area contributed by atoms with Crippen LogP contribution in [0.25, 0.3) is 0 Å². The number of nitrogens with zero attached hydrogens (tertiary/aromatic N) is 3. The summed E-state index contributed by atoms with van der Waals surface area (Å²) in [6, 6.07) is 0. The number of nitrogens with one attached hydrogen (secondary N) is 1. The molecule has 1 amide bonds. The van der Waals surface area contributed by atoms with Gasteiger partial charge >= 0.3 is 0 Å². The lowest BCUT2D eigenvalue weighted by molar-refractivity contribution is -0.116. The van der Waals surface area contributed by atoms with Crippen molar-refractivity contribution in [3.63, 3.8) is 0 Å². The van der Waals surface area contributed by atoms with Gasteiger partial charge in [0, 0.05) is 43.6 Å². The Morgan fingerprint density at radius 1 is 1.41 bits per heavy atom. The summed E-state index contributed by atoms with van der Waals surface area (Å²) in [5, 5.41) is 10.6. The molecule has 3 rings (SSSR count). The van der Waals surface area contributed by atoms with Gasteiger partial charge in [-0.05, 0) is 12.8 Å². The van der Waals surface area contributed by atoms with Gasteiger partial charge in [0.25, 0.3) is 0 Å². The van der Waals surface area contributed by atoms with E-state index in [1.807, 2.05) is 18.6 Å². The van der Waals surface area contributed by atoms with Gasteiger partial charge in [-0.25, -0.2) is 4.98 Å². The first-order valence-electron chi connectivity index (χ1n) is 7.94. The molecule has 0 atom stereocenters. The Labute approximate surface area is 134 Å². The van der Waals surface area contributed by atoms with Gasteiger partial charge in [-0.2, -0.15) is 5.10 Å². The smallest absolute Gasteiger partial charge is 0.224 e. The molecule has 6 heteroatoms. The van der Waals surface area contributed by atoms with Crippen LogP contribution in [-0.2, 0) is 18.3 Å². The molecule has 1 aliphatic carbocycles. The van der Waals surface area contributed by atoms with Crippen LogP contribution in [-0.4, -0.2) is 20.7 Å². The van der Waals surface area contributed by atoms with E-state index in [0.29, 0.717) is 18.8 Å². The van der Waals surface area contributed by atoms with Gasteiger partial charge < -0.3 is 5.32 Å². The zero-order chi connectivity index (χ0) is 15.4. The van der Waals surface area contributed by atoms with Gasteiger partial charge in [0.15, 0.2) is 0 Å². The largest absolute Gasteiger partial charge is 0.323 e. The first-order valence-corrected chi connectivity index (χ1v) is 8.82. The number of aryl methyl sites for hydroxylation is 2. The Morgan fingerprint density at radius 2 is 2.23 bits per heavy atom. The van der Waals surface area contributed by atoms with Crippen LogP contribution in [0.1, 0.15) is 55.1 Å². The minimum atomic E-state index is 0.0419. The molecule has 2 aromatic rings. The van der Waals surface area contributed by atoms with E-state index >= 15 is 0 Å².